The van der Waals surface area contributed by atoms with Crippen molar-refractivity contribution in [3.8, 4) is 0 Å². The summed E-state index contributed by atoms with van der Waals surface area (Å²) in [5, 5.41) is 9.19. The number of piperidine rings is 1. The lowest BCUT2D eigenvalue weighted by molar-refractivity contribution is -0.129. The maximum Gasteiger partial charge on any atom is 0.225 e. The van der Waals surface area contributed by atoms with Crippen LogP contribution < -0.4 is 10.6 Å². The first-order valence-corrected chi connectivity index (χ1v) is 5.62. The monoisotopic (exact) mass is 237 g/mol. The van der Waals surface area contributed by atoms with Crippen molar-refractivity contribution in [2.75, 3.05) is 6.54 Å². The van der Waals surface area contributed by atoms with E-state index in [2.05, 4.69) is 15.8 Å². The van der Waals surface area contributed by atoms with Crippen LogP contribution in [0.4, 0.5) is 0 Å². The SMILES string of the molecule is Cc1cc(CNC(=O)C2CCC(=O)NC2)on1. The third-order valence-corrected chi connectivity index (χ3v) is 2.75. The maximum atomic E-state index is 11.8. The molecule has 1 aliphatic rings. The number of carbonyl (C=O) groups excluding carboxylic acids is 2. The molecule has 1 atom stereocenters. The van der Waals surface area contributed by atoms with Gasteiger partial charge in [-0.15, -0.1) is 0 Å². The number of rotatable bonds is 3. The van der Waals surface area contributed by atoms with Crippen LogP contribution in [0, 0.1) is 12.8 Å². The number of carbonyl (C=O) groups is 2. The fourth-order valence-corrected chi connectivity index (χ4v) is 1.77. The van der Waals surface area contributed by atoms with Gasteiger partial charge in [0.25, 0.3) is 0 Å². The minimum Gasteiger partial charge on any atom is -0.359 e. The number of nitrogens with one attached hydrogen (secondary N) is 2. The molecule has 6 heteroatoms. The summed E-state index contributed by atoms with van der Waals surface area (Å²) in [4.78, 5) is 22.7. The Balaban J connectivity index is 1.79. The van der Waals surface area contributed by atoms with Crippen molar-refractivity contribution in [2.45, 2.75) is 26.3 Å². The van der Waals surface area contributed by atoms with Gasteiger partial charge in [-0.25, -0.2) is 0 Å². The lowest BCUT2D eigenvalue weighted by Gasteiger charge is -2.21. The zero-order valence-corrected chi connectivity index (χ0v) is 9.66. The van der Waals surface area contributed by atoms with Gasteiger partial charge >= 0.3 is 0 Å². The molecule has 0 radical (unpaired) electrons. The Hall–Kier alpha value is -1.85. The molecule has 2 N–H and O–H groups in total. The van der Waals surface area contributed by atoms with Gasteiger partial charge in [-0.2, -0.15) is 0 Å². The van der Waals surface area contributed by atoms with Gasteiger partial charge in [-0.3, -0.25) is 9.59 Å². The van der Waals surface area contributed by atoms with Crippen molar-refractivity contribution in [3.63, 3.8) is 0 Å². The Morgan fingerprint density at radius 3 is 3.12 bits per heavy atom. The predicted molar refractivity (Wildman–Crippen MR) is 58.8 cm³/mol. The van der Waals surface area contributed by atoms with Crippen LogP contribution in [-0.2, 0) is 16.1 Å². The fourth-order valence-electron chi connectivity index (χ4n) is 1.77. The van der Waals surface area contributed by atoms with E-state index < -0.39 is 0 Å². The molecule has 2 rings (SSSR count). The third-order valence-electron chi connectivity index (χ3n) is 2.75. The summed E-state index contributed by atoms with van der Waals surface area (Å²) in [5.41, 5.74) is 0.791. The highest BCUT2D eigenvalue weighted by molar-refractivity contribution is 5.83. The lowest BCUT2D eigenvalue weighted by atomic mass is 9.98. The second-order valence-corrected chi connectivity index (χ2v) is 4.19. The molecule has 0 spiro atoms. The van der Waals surface area contributed by atoms with Crippen molar-refractivity contribution >= 4 is 11.8 Å². The highest BCUT2D eigenvalue weighted by atomic mass is 16.5. The molecule has 0 aliphatic carbocycles. The van der Waals surface area contributed by atoms with E-state index in [4.69, 9.17) is 4.52 Å². The normalized spacial score (nSPS) is 19.8. The number of amides is 2. The van der Waals surface area contributed by atoms with E-state index in [1.165, 1.54) is 0 Å². The van der Waals surface area contributed by atoms with Crippen LogP contribution in [-0.4, -0.2) is 23.5 Å². The standard InChI is InChI=1S/C11H15N3O3/c1-7-4-9(17-14-7)6-13-11(16)8-2-3-10(15)12-5-8/h4,8H,2-3,5-6H2,1H3,(H,12,15)(H,13,16). The summed E-state index contributed by atoms with van der Waals surface area (Å²) >= 11 is 0. The first-order chi connectivity index (χ1) is 8.15. The molecule has 1 saturated heterocycles. The molecule has 0 saturated carbocycles. The van der Waals surface area contributed by atoms with Crippen LogP contribution in [0.1, 0.15) is 24.3 Å². The minimum absolute atomic E-state index is 0.0138. The van der Waals surface area contributed by atoms with E-state index in [0.29, 0.717) is 31.7 Å². The Kier molecular flexibility index (Phi) is 3.41. The molecule has 0 bridgehead atoms. The van der Waals surface area contributed by atoms with E-state index in [1.807, 2.05) is 6.92 Å². The second kappa shape index (κ2) is 4.99. The molecule has 1 aromatic heterocycles. The number of aromatic nitrogens is 1. The molecule has 17 heavy (non-hydrogen) atoms. The van der Waals surface area contributed by atoms with E-state index in [0.717, 1.165) is 5.69 Å². The van der Waals surface area contributed by atoms with Gasteiger partial charge in [0.2, 0.25) is 11.8 Å². The minimum atomic E-state index is -0.142. The maximum absolute atomic E-state index is 11.8. The van der Waals surface area contributed by atoms with Crippen LogP contribution >= 0.6 is 0 Å². The number of aryl methyl sites for hydroxylation is 1. The van der Waals surface area contributed by atoms with Crippen molar-refractivity contribution in [1.29, 1.82) is 0 Å². The average molecular weight is 237 g/mol. The number of nitrogens with zero attached hydrogens (tertiary/aromatic N) is 1. The highest BCUT2D eigenvalue weighted by Crippen LogP contribution is 2.11. The molecule has 1 aromatic rings. The first kappa shape index (κ1) is 11.6. The molecule has 1 aliphatic heterocycles. The van der Waals surface area contributed by atoms with Crippen LogP contribution in [0.15, 0.2) is 10.6 Å². The molecular weight excluding hydrogens is 222 g/mol. The fraction of sp³-hybridized carbons (Fsp3) is 0.545. The summed E-state index contributed by atoms with van der Waals surface area (Å²) in [5.74, 6) is 0.450. The topological polar surface area (TPSA) is 84.2 Å². The van der Waals surface area contributed by atoms with Crippen molar-refractivity contribution in [2.24, 2.45) is 5.92 Å². The second-order valence-electron chi connectivity index (χ2n) is 4.19. The van der Waals surface area contributed by atoms with Gasteiger partial charge in [-0.05, 0) is 13.3 Å². The van der Waals surface area contributed by atoms with E-state index in [1.54, 1.807) is 6.07 Å². The van der Waals surface area contributed by atoms with E-state index >= 15 is 0 Å². The molecule has 1 unspecified atom stereocenters. The van der Waals surface area contributed by atoms with Crippen molar-refractivity contribution in [1.82, 2.24) is 15.8 Å². The lowest BCUT2D eigenvalue weighted by Crippen LogP contribution is -2.42. The molecule has 6 nitrogen and oxygen atoms in total. The van der Waals surface area contributed by atoms with Gasteiger partial charge < -0.3 is 15.2 Å². The van der Waals surface area contributed by atoms with Crippen LogP contribution in [0.3, 0.4) is 0 Å². The number of hydrogen-bond acceptors (Lipinski definition) is 4. The molecule has 2 heterocycles. The smallest absolute Gasteiger partial charge is 0.225 e. The summed E-state index contributed by atoms with van der Waals surface area (Å²) in [6, 6.07) is 1.78. The molecular formula is C11H15N3O3. The van der Waals surface area contributed by atoms with Crippen molar-refractivity contribution < 1.29 is 14.1 Å². The number of hydrogen-bond donors (Lipinski definition) is 2. The van der Waals surface area contributed by atoms with Gasteiger partial charge in [0.15, 0.2) is 5.76 Å². The molecule has 0 aromatic carbocycles. The van der Waals surface area contributed by atoms with Crippen LogP contribution in [0.25, 0.3) is 0 Å². The zero-order valence-electron chi connectivity index (χ0n) is 9.66. The third kappa shape index (κ3) is 3.05. The summed E-state index contributed by atoms with van der Waals surface area (Å²) < 4.78 is 4.98. The van der Waals surface area contributed by atoms with Crippen molar-refractivity contribution in [3.05, 3.63) is 17.5 Å². The van der Waals surface area contributed by atoms with E-state index in [9.17, 15) is 9.59 Å². The van der Waals surface area contributed by atoms with Gasteiger partial charge in [0.05, 0.1) is 18.2 Å². The summed E-state index contributed by atoms with van der Waals surface area (Å²) in [7, 11) is 0. The first-order valence-electron chi connectivity index (χ1n) is 5.62. The largest absolute Gasteiger partial charge is 0.359 e. The Bertz CT molecular complexity index is 417. The quantitative estimate of drug-likeness (QED) is 0.782. The highest BCUT2D eigenvalue weighted by Gasteiger charge is 2.24. The van der Waals surface area contributed by atoms with Crippen LogP contribution in [0.2, 0.25) is 0 Å². The molecule has 2 amide bonds. The predicted octanol–water partition coefficient (Wildman–Crippen LogP) is 0.125. The van der Waals surface area contributed by atoms with Gasteiger partial charge in [0, 0.05) is 19.0 Å². The molecule has 92 valence electrons. The van der Waals surface area contributed by atoms with E-state index in [-0.39, 0.29) is 17.7 Å². The Morgan fingerprint density at radius 2 is 2.53 bits per heavy atom. The summed E-state index contributed by atoms with van der Waals surface area (Å²) in [6.07, 6.45) is 1.02. The van der Waals surface area contributed by atoms with Gasteiger partial charge in [0.1, 0.15) is 0 Å². The average Bonchev–Trinajstić information content (AvgIpc) is 2.73. The van der Waals surface area contributed by atoms with Crippen LogP contribution in [0.5, 0.6) is 0 Å². The summed E-state index contributed by atoms with van der Waals surface area (Å²) in [6.45, 7) is 2.58. The Labute approximate surface area is 98.7 Å². The van der Waals surface area contributed by atoms with Gasteiger partial charge in [-0.1, -0.05) is 5.16 Å². The molecule has 1 fully saturated rings. The Morgan fingerprint density at radius 1 is 1.71 bits per heavy atom. The zero-order chi connectivity index (χ0) is 12.3.